The van der Waals surface area contributed by atoms with Crippen LogP contribution < -0.4 is 0 Å². The number of rotatable bonds is 1. The molecule has 2 saturated carbocycles. The van der Waals surface area contributed by atoms with Crippen LogP contribution in [0.15, 0.2) is 0 Å². The zero-order valence-electron chi connectivity index (χ0n) is 7.84. The smallest absolute Gasteiger partial charge is 0.0695 e. The molecule has 0 radical (unpaired) electrons. The standard InChI is InChI=1S/C11H17N/c1-9-4-2-3-7-11(9,8-12)10-5-6-10/h9-10H,2-7H2,1H3. The van der Waals surface area contributed by atoms with Crippen LogP contribution in [0, 0.1) is 28.6 Å². The van der Waals surface area contributed by atoms with Gasteiger partial charge in [0.2, 0.25) is 0 Å². The predicted octanol–water partition coefficient (Wildman–Crippen LogP) is 3.12. The van der Waals surface area contributed by atoms with Crippen LogP contribution in [0.3, 0.4) is 0 Å². The molecule has 0 aromatic carbocycles. The molecule has 12 heavy (non-hydrogen) atoms. The second-order valence-electron chi connectivity index (χ2n) is 4.57. The highest BCUT2D eigenvalue weighted by atomic mass is 14.5. The van der Waals surface area contributed by atoms with Crippen molar-refractivity contribution in [2.75, 3.05) is 0 Å². The Balaban J connectivity index is 2.18. The van der Waals surface area contributed by atoms with Crippen molar-refractivity contribution in [1.82, 2.24) is 0 Å². The molecule has 1 nitrogen and oxygen atoms in total. The van der Waals surface area contributed by atoms with Crippen molar-refractivity contribution in [2.24, 2.45) is 17.3 Å². The Morgan fingerprint density at radius 2 is 2.00 bits per heavy atom. The van der Waals surface area contributed by atoms with Gasteiger partial charge in [0.05, 0.1) is 11.5 Å². The van der Waals surface area contributed by atoms with E-state index in [1.807, 2.05) is 0 Å². The Morgan fingerprint density at radius 1 is 1.25 bits per heavy atom. The fraction of sp³-hybridized carbons (Fsp3) is 0.909. The normalized spacial score (nSPS) is 42.2. The van der Waals surface area contributed by atoms with Crippen LogP contribution in [-0.4, -0.2) is 0 Å². The number of hydrogen-bond donors (Lipinski definition) is 0. The van der Waals surface area contributed by atoms with Crippen molar-refractivity contribution in [1.29, 1.82) is 5.26 Å². The van der Waals surface area contributed by atoms with Gasteiger partial charge < -0.3 is 0 Å². The molecule has 0 N–H and O–H groups in total. The zero-order valence-corrected chi connectivity index (χ0v) is 7.84. The molecule has 0 bridgehead atoms. The maximum absolute atomic E-state index is 9.27. The first-order valence-corrected chi connectivity index (χ1v) is 5.21. The molecule has 2 unspecified atom stereocenters. The zero-order chi connectivity index (χ0) is 8.60. The van der Waals surface area contributed by atoms with Gasteiger partial charge in [0.1, 0.15) is 0 Å². The maximum Gasteiger partial charge on any atom is 0.0695 e. The van der Waals surface area contributed by atoms with Gasteiger partial charge in [-0.05, 0) is 37.5 Å². The van der Waals surface area contributed by atoms with Crippen molar-refractivity contribution in [3.05, 3.63) is 0 Å². The second-order valence-corrected chi connectivity index (χ2v) is 4.57. The molecule has 0 spiro atoms. The first-order chi connectivity index (χ1) is 5.79. The summed E-state index contributed by atoms with van der Waals surface area (Å²) in [6.07, 6.45) is 7.72. The van der Waals surface area contributed by atoms with Crippen molar-refractivity contribution in [3.63, 3.8) is 0 Å². The highest BCUT2D eigenvalue weighted by Crippen LogP contribution is 2.55. The fourth-order valence-corrected chi connectivity index (χ4v) is 2.83. The number of nitriles is 1. The van der Waals surface area contributed by atoms with E-state index >= 15 is 0 Å². The van der Waals surface area contributed by atoms with E-state index in [0.29, 0.717) is 5.92 Å². The molecule has 1 heteroatoms. The summed E-state index contributed by atoms with van der Waals surface area (Å²) in [5, 5.41) is 9.27. The van der Waals surface area contributed by atoms with E-state index in [0.717, 1.165) is 5.92 Å². The Kier molecular flexibility index (Phi) is 1.87. The molecule has 66 valence electrons. The van der Waals surface area contributed by atoms with Crippen molar-refractivity contribution < 1.29 is 0 Å². The van der Waals surface area contributed by atoms with E-state index in [4.69, 9.17) is 0 Å². The molecule has 2 fully saturated rings. The lowest BCUT2D eigenvalue weighted by atomic mass is 9.65. The van der Waals surface area contributed by atoms with Crippen LogP contribution in [-0.2, 0) is 0 Å². The number of nitrogens with zero attached hydrogens (tertiary/aromatic N) is 1. The third kappa shape index (κ3) is 1.05. The molecular formula is C11H17N. The number of hydrogen-bond acceptors (Lipinski definition) is 1. The first-order valence-electron chi connectivity index (χ1n) is 5.21. The van der Waals surface area contributed by atoms with Crippen LogP contribution in [0.4, 0.5) is 0 Å². The van der Waals surface area contributed by atoms with Crippen LogP contribution in [0.5, 0.6) is 0 Å². The average molecular weight is 163 g/mol. The van der Waals surface area contributed by atoms with Crippen LogP contribution in [0.1, 0.15) is 45.4 Å². The van der Waals surface area contributed by atoms with Gasteiger partial charge in [-0.2, -0.15) is 5.26 Å². The van der Waals surface area contributed by atoms with E-state index in [1.54, 1.807) is 0 Å². The van der Waals surface area contributed by atoms with Gasteiger partial charge in [-0.25, -0.2) is 0 Å². The van der Waals surface area contributed by atoms with E-state index in [2.05, 4.69) is 13.0 Å². The quantitative estimate of drug-likeness (QED) is 0.582. The lowest BCUT2D eigenvalue weighted by Crippen LogP contribution is -2.32. The summed E-state index contributed by atoms with van der Waals surface area (Å²) in [5.74, 6) is 1.42. The second kappa shape index (κ2) is 2.76. The van der Waals surface area contributed by atoms with E-state index in [-0.39, 0.29) is 5.41 Å². The summed E-state index contributed by atoms with van der Waals surface area (Å²) in [4.78, 5) is 0. The summed E-state index contributed by atoms with van der Waals surface area (Å²) in [5.41, 5.74) is 0.0955. The molecule has 0 aromatic rings. The summed E-state index contributed by atoms with van der Waals surface area (Å²) in [6.45, 7) is 2.28. The monoisotopic (exact) mass is 163 g/mol. The summed E-state index contributed by atoms with van der Waals surface area (Å²) in [7, 11) is 0. The van der Waals surface area contributed by atoms with Crippen LogP contribution in [0.2, 0.25) is 0 Å². The highest BCUT2D eigenvalue weighted by Gasteiger charge is 2.49. The molecule has 0 heterocycles. The topological polar surface area (TPSA) is 23.8 Å². The lowest BCUT2D eigenvalue weighted by molar-refractivity contribution is 0.146. The summed E-state index contributed by atoms with van der Waals surface area (Å²) < 4.78 is 0. The fourth-order valence-electron chi connectivity index (χ4n) is 2.83. The van der Waals surface area contributed by atoms with Gasteiger partial charge >= 0.3 is 0 Å². The molecule has 0 amide bonds. The highest BCUT2D eigenvalue weighted by molar-refractivity contribution is 5.11. The van der Waals surface area contributed by atoms with Crippen molar-refractivity contribution in [3.8, 4) is 6.07 Å². The van der Waals surface area contributed by atoms with Crippen LogP contribution in [0.25, 0.3) is 0 Å². The SMILES string of the molecule is CC1CCCCC1(C#N)C1CC1. The third-order valence-corrected chi connectivity index (χ3v) is 3.87. The maximum atomic E-state index is 9.27. The molecule has 0 aliphatic heterocycles. The Morgan fingerprint density at radius 3 is 2.50 bits per heavy atom. The van der Waals surface area contributed by atoms with Gasteiger partial charge in [0.25, 0.3) is 0 Å². The molecule has 2 rings (SSSR count). The van der Waals surface area contributed by atoms with Crippen molar-refractivity contribution >= 4 is 0 Å². The molecule has 0 aromatic heterocycles. The van der Waals surface area contributed by atoms with Gasteiger partial charge in [0.15, 0.2) is 0 Å². The van der Waals surface area contributed by atoms with Crippen molar-refractivity contribution in [2.45, 2.75) is 45.4 Å². The minimum Gasteiger partial charge on any atom is -0.198 e. The first kappa shape index (κ1) is 8.10. The summed E-state index contributed by atoms with van der Waals surface area (Å²) >= 11 is 0. The Hall–Kier alpha value is -0.510. The average Bonchev–Trinajstić information content (AvgIpc) is 2.89. The summed E-state index contributed by atoms with van der Waals surface area (Å²) in [6, 6.07) is 2.63. The Bertz CT molecular complexity index is 212. The minimum absolute atomic E-state index is 0.0955. The van der Waals surface area contributed by atoms with E-state index < -0.39 is 0 Å². The largest absolute Gasteiger partial charge is 0.198 e. The molecule has 2 aliphatic carbocycles. The van der Waals surface area contributed by atoms with E-state index in [1.165, 1.54) is 38.5 Å². The third-order valence-electron chi connectivity index (χ3n) is 3.87. The molecule has 0 saturated heterocycles. The predicted molar refractivity (Wildman–Crippen MR) is 48.4 cm³/mol. The lowest BCUT2D eigenvalue weighted by Gasteiger charge is -2.37. The van der Waals surface area contributed by atoms with Gasteiger partial charge in [0, 0.05) is 0 Å². The van der Waals surface area contributed by atoms with Crippen LogP contribution >= 0.6 is 0 Å². The minimum atomic E-state index is 0.0955. The van der Waals surface area contributed by atoms with Gasteiger partial charge in [-0.1, -0.05) is 19.8 Å². The van der Waals surface area contributed by atoms with E-state index in [9.17, 15) is 5.26 Å². The van der Waals surface area contributed by atoms with Gasteiger partial charge in [-0.15, -0.1) is 0 Å². The Labute approximate surface area is 74.8 Å². The molecule has 2 aliphatic rings. The molecular weight excluding hydrogens is 146 g/mol. The molecule has 2 atom stereocenters. The van der Waals surface area contributed by atoms with Gasteiger partial charge in [-0.3, -0.25) is 0 Å².